The molecule has 0 saturated heterocycles. The molecular weight excluding hydrogens is 372 g/mol. The van der Waals surface area contributed by atoms with Gasteiger partial charge in [0.2, 0.25) is 11.8 Å². The summed E-state index contributed by atoms with van der Waals surface area (Å²) in [5, 5.41) is 6.18. The van der Waals surface area contributed by atoms with Gasteiger partial charge in [0, 0.05) is 24.9 Å². The van der Waals surface area contributed by atoms with E-state index in [1.807, 2.05) is 24.3 Å². The van der Waals surface area contributed by atoms with Crippen molar-refractivity contribution in [3.63, 3.8) is 0 Å². The molecule has 160 valence electrons. The molecule has 0 aliphatic heterocycles. The van der Waals surface area contributed by atoms with E-state index in [2.05, 4.69) is 48.7 Å². The maximum atomic E-state index is 12.5. The molecule has 0 radical (unpaired) electrons. The van der Waals surface area contributed by atoms with E-state index in [-0.39, 0.29) is 23.7 Å². The summed E-state index contributed by atoms with van der Waals surface area (Å²) in [5.74, 6) is 0.361. The van der Waals surface area contributed by atoms with Crippen molar-refractivity contribution < 1.29 is 9.59 Å². The molecule has 0 aromatic heterocycles. The van der Waals surface area contributed by atoms with Crippen LogP contribution in [0.2, 0.25) is 0 Å². The van der Waals surface area contributed by atoms with Crippen LogP contribution in [0.1, 0.15) is 47.9 Å². The van der Waals surface area contributed by atoms with Crippen LogP contribution in [0.15, 0.2) is 48.5 Å². The van der Waals surface area contributed by atoms with Crippen LogP contribution in [0.3, 0.4) is 0 Å². The normalized spacial score (nSPS) is 18.6. The molecule has 1 fully saturated rings. The molecule has 30 heavy (non-hydrogen) atoms. The Bertz CT molecular complexity index is 782. The Morgan fingerprint density at radius 2 is 1.07 bits per heavy atom. The Hall–Kier alpha value is -2.62. The largest absolute Gasteiger partial charge is 0.356 e. The van der Waals surface area contributed by atoms with Gasteiger partial charge in [0.15, 0.2) is 0 Å². The van der Waals surface area contributed by atoms with Crippen LogP contribution in [0.4, 0.5) is 0 Å². The van der Waals surface area contributed by atoms with Crippen molar-refractivity contribution >= 4 is 11.8 Å². The van der Waals surface area contributed by atoms with Gasteiger partial charge in [0.25, 0.3) is 0 Å². The third kappa shape index (κ3) is 6.19. The zero-order chi connectivity index (χ0) is 21.3. The van der Waals surface area contributed by atoms with Crippen molar-refractivity contribution in [1.29, 1.82) is 0 Å². The first-order valence-electron chi connectivity index (χ1n) is 11.2. The van der Waals surface area contributed by atoms with E-state index in [1.54, 1.807) is 0 Å². The third-order valence-corrected chi connectivity index (χ3v) is 6.38. The smallest absolute Gasteiger partial charge is 0.223 e. The highest BCUT2D eigenvalue weighted by Gasteiger charge is 2.29. The zero-order valence-electron chi connectivity index (χ0n) is 18.2. The van der Waals surface area contributed by atoms with Crippen molar-refractivity contribution in [3.05, 3.63) is 70.8 Å². The van der Waals surface area contributed by atoms with Gasteiger partial charge in [-0.15, -0.1) is 0 Å². The Morgan fingerprint density at radius 3 is 1.43 bits per heavy atom. The molecule has 1 aliphatic carbocycles. The second-order valence-electron chi connectivity index (χ2n) is 8.48. The Labute approximate surface area is 180 Å². The first-order chi connectivity index (χ1) is 14.5. The van der Waals surface area contributed by atoms with Crippen LogP contribution >= 0.6 is 0 Å². The number of benzene rings is 2. The molecule has 0 heterocycles. The Balaban J connectivity index is 1.34. The second kappa shape index (κ2) is 11.0. The lowest BCUT2D eigenvalue weighted by atomic mass is 9.81. The number of carbonyl (C=O) groups is 2. The lowest BCUT2D eigenvalue weighted by molar-refractivity contribution is -0.130. The summed E-state index contributed by atoms with van der Waals surface area (Å²) in [6.45, 7) is 5.54. The number of hydrogen-bond donors (Lipinski definition) is 2. The summed E-state index contributed by atoms with van der Waals surface area (Å²) >= 11 is 0. The molecule has 0 bridgehead atoms. The van der Waals surface area contributed by atoms with Crippen LogP contribution in [0.5, 0.6) is 0 Å². The molecule has 0 spiro atoms. The first-order valence-corrected chi connectivity index (χ1v) is 11.2. The number of nitrogens with one attached hydrogen (secondary N) is 2. The minimum absolute atomic E-state index is 0.0397. The highest BCUT2D eigenvalue weighted by Crippen LogP contribution is 2.29. The van der Waals surface area contributed by atoms with Crippen LogP contribution in [0, 0.1) is 25.7 Å². The molecule has 0 unspecified atom stereocenters. The van der Waals surface area contributed by atoms with Crippen molar-refractivity contribution in [3.8, 4) is 0 Å². The van der Waals surface area contributed by atoms with Crippen LogP contribution in [-0.4, -0.2) is 24.9 Å². The van der Waals surface area contributed by atoms with Crippen LogP contribution in [-0.2, 0) is 22.4 Å². The number of hydrogen-bond acceptors (Lipinski definition) is 2. The average molecular weight is 407 g/mol. The van der Waals surface area contributed by atoms with E-state index in [4.69, 9.17) is 0 Å². The van der Waals surface area contributed by atoms with Crippen molar-refractivity contribution in [2.45, 2.75) is 52.4 Å². The molecule has 1 saturated carbocycles. The fraction of sp³-hybridized carbons (Fsp3) is 0.462. The van der Waals surface area contributed by atoms with E-state index in [0.29, 0.717) is 13.1 Å². The summed E-state index contributed by atoms with van der Waals surface area (Å²) in [5.41, 5.74) is 5.09. The van der Waals surface area contributed by atoms with Crippen molar-refractivity contribution in [1.82, 2.24) is 10.6 Å². The monoisotopic (exact) mass is 406 g/mol. The minimum Gasteiger partial charge on any atom is -0.356 e. The summed E-state index contributed by atoms with van der Waals surface area (Å²) in [4.78, 5) is 25.0. The SMILES string of the molecule is Cc1ccccc1CCNC(=O)C1CCC(C(=O)NCCc2ccccc2C)CC1. The fourth-order valence-electron chi connectivity index (χ4n) is 4.33. The number of carbonyl (C=O) groups excluding carboxylic acids is 2. The minimum atomic E-state index is 0.0397. The van der Waals surface area contributed by atoms with Gasteiger partial charge in [-0.25, -0.2) is 0 Å². The lowest BCUT2D eigenvalue weighted by Crippen LogP contribution is -2.38. The van der Waals surface area contributed by atoms with Crippen LogP contribution < -0.4 is 10.6 Å². The molecule has 2 N–H and O–H groups in total. The summed E-state index contributed by atoms with van der Waals surface area (Å²) < 4.78 is 0. The predicted octanol–water partition coefficient (Wildman–Crippen LogP) is 4.13. The summed E-state index contributed by atoms with van der Waals surface area (Å²) in [7, 11) is 0. The molecular formula is C26H34N2O2. The maximum absolute atomic E-state index is 12.5. The number of rotatable bonds is 8. The molecule has 3 rings (SSSR count). The van der Waals surface area contributed by atoms with Gasteiger partial charge in [0.05, 0.1) is 0 Å². The predicted molar refractivity (Wildman–Crippen MR) is 121 cm³/mol. The summed E-state index contributed by atoms with van der Waals surface area (Å²) in [6, 6.07) is 16.6. The van der Waals surface area contributed by atoms with E-state index in [0.717, 1.165) is 38.5 Å². The number of aryl methyl sites for hydroxylation is 2. The fourth-order valence-corrected chi connectivity index (χ4v) is 4.33. The van der Waals surface area contributed by atoms with Gasteiger partial charge < -0.3 is 10.6 Å². The molecule has 2 aromatic carbocycles. The third-order valence-electron chi connectivity index (χ3n) is 6.38. The molecule has 4 heteroatoms. The van der Waals surface area contributed by atoms with E-state index >= 15 is 0 Å². The molecule has 0 atom stereocenters. The van der Waals surface area contributed by atoms with Crippen molar-refractivity contribution in [2.75, 3.05) is 13.1 Å². The van der Waals surface area contributed by atoms with Gasteiger partial charge in [-0.05, 0) is 74.6 Å². The highest BCUT2D eigenvalue weighted by molar-refractivity contribution is 5.81. The zero-order valence-corrected chi connectivity index (χ0v) is 18.2. The standard InChI is InChI=1S/C26H34N2O2/c1-19-7-3-5-9-21(19)15-17-27-25(29)23-11-13-24(14-12-23)26(30)28-18-16-22-10-6-4-8-20(22)2/h3-10,23-24H,11-18H2,1-2H3,(H,27,29)(H,28,30). The first kappa shape index (κ1) is 22.1. The van der Waals surface area contributed by atoms with Gasteiger partial charge in [-0.1, -0.05) is 48.5 Å². The van der Waals surface area contributed by atoms with Gasteiger partial charge in [0.1, 0.15) is 0 Å². The summed E-state index contributed by atoms with van der Waals surface area (Å²) in [6.07, 6.45) is 4.91. The van der Waals surface area contributed by atoms with E-state index in [1.165, 1.54) is 22.3 Å². The quantitative estimate of drug-likeness (QED) is 0.693. The molecule has 2 aromatic rings. The van der Waals surface area contributed by atoms with Gasteiger partial charge in [-0.2, -0.15) is 0 Å². The Morgan fingerprint density at radius 1 is 0.700 bits per heavy atom. The van der Waals surface area contributed by atoms with Crippen molar-refractivity contribution in [2.24, 2.45) is 11.8 Å². The van der Waals surface area contributed by atoms with Gasteiger partial charge in [-0.3, -0.25) is 9.59 Å². The lowest BCUT2D eigenvalue weighted by Gasteiger charge is -2.27. The Kier molecular flexibility index (Phi) is 8.06. The van der Waals surface area contributed by atoms with Crippen LogP contribution in [0.25, 0.3) is 0 Å². The van der Waals surface area contributed by atoms with Gasteiger partial charge >= 0.3 is 0 Å². The second-order valence-corrected chi connectivity index (χ2v) is 8.48. The average Bonchev–Trinajstić information content (AvgIpc) is 2.76. The number of amides is 2. The maximum Gasteiger partial charge on any atom is 0.223 e. The highest BCUT2D eigenvalue weighted by atomic mass is 16.2. The van der Waals surface area contributed by atoms with E-state index in [9.17, 15) is 9.59 Å². The molecule has 4 nitrogen and oxygen atoms in total. The molecule has 1 aliphatic rings. The van der Waals surface area contributed by atoms with E-state index < -0.39 is 0 Å². The topological polar surface area (TPSA) is 58.2 Å². The molecule has 2 amide bonds.